The van der Waals surface area contributed by atoms with Crippen molar-refractivity contribution in [1.82, 2.24) is 15.1 Å². The lowest BCUT2D eigenvalue weighted by atomic mass is 9.98. The van der Waals surface area contributed by atoms with Crippen LogP contribution in [0.15, 0.2) is 29.3 Å². The van der Waals surface area contributed by atoms with Crippen LogP contribution in [0.3, 0.4) is 0 Å². The number of hydrogen-bond donors (Lipinski definition) is 1. The van der Waals surface area contributed by atoms with Gasteiger partial charge in [-0.25, -0.2) is 4.39 Å². The van der Waals surface area contributed by atoms with E-state index in [0.717, 1.165) is 50.8 Å². The zero-order valence-electron chi connectivity index (χ0n) is 17.5. The quantitative estimate of drug-likeness (QED) is 0.619. The number of nitrogens with zero attached hydrogens (tertiary/aromatic N) is 3. The maximum atomic E-state index is 13.3. The molecule has 2 saturated heterocycles. The van der Waals surface area contributed by atoms with Gasteiger partial charge in [0, 0.05) is 26.2 Å². The number of rotatable bonds is 5. The highest BCUT2D eigenvalue weighted by molar-refractivity contribution is 5.80. The minimum Gasteiger partial charge on any atom is -0.367 e. The summed E-state index contributed by atoms with van der Waals surface area (Å²) >= 11 is 0. The first-order valence-electron chi connectivity index (χ1n) is 10.8. The van der Waals surface area contributed by atoms with Crippen molar-refractivity contribution in [3.63, 3.8) is 0 Å². The predicted octanol–water partition coefficient (Wildman–Crippen LogP) is 3.28. The minimum absolute atomic E-state index is 0.0709. The lowest BCUT2D eigenvalue weighted by Gasteiger charge is -2.39. The zero-order chi connectivity index (χ0) is 19.9. The Morgan fingerprint density at radius 2 is 2.00 bits per heavy atom. The predicted molar refractivity (Wildman–Crippen MR) is 112 cm³/mol. The van der Waals surface area contributed by atoms with Crippen LogP contribution in [0.2, 0.25) is 0 Å². The van der Waals surface area contributed by atoms with Crippen LogP contribution < -0.4 is 5.32 Å². The van der Waals surface area contributed by atoms with Crippen LogP contribution in [0, 0.1) is 11.7 Å². The topological polar surface area (TPSA) is 40.1 Å². The van der Waals surface area contributed by atoms with E-state index in [1.807, 2.05) is 12.1 Å². The van der Waals surface area contributed by atoms with E-state index >= 15 is 0 Å². The second kappa shape index (κ2) is 10.2. The third kappa shape index (κ3) is 5.67. The Kier molecular flexibility index (Phi) is 7.68. The van der Waals surface area contributed by atoms with Crippen LogP contribution >= 0.6 is 0 Å². The Hall–Kier alpha value is -1.66. The summed E-state index contributed by atoms with van der Waals surface area (Å²) in [7, 11) is 0. The van der Waals surface area contributed by atoms with Gasteiger partial charge in [-0.15, -0.1) is 0 Å². The normalized spacial score (nSPS) is 27.1. The van der Waals surface area contributed by atoms with Gasteiger partial charge in [-0.1, -0.05) is 19.1 Å². The fraction of sp³-hybridized carbons (Fsp3) is 0.682. The Morgan fingerprint density at radius 1 is 1.21 bits per heavy atom. The van der Waals surface area contributed by atoms with Crippen molar-refractivity contribution < 1.29 is 9.13 Å². The molecule has 3 atom stereocenters. The van der Waals surface area contributed by atoms with E-state index in [9.17, 15) is 4.39 Å². The fourth-order valence-corrected chi connectivity index (χ4v) is 4.21. The first-order chi connectivity index (χ1) is 13.6. The van der Waals surface area contributed by atoms with E-state index in [1.165, 1.54) is 31.5 Å². The van der Waals surface area contributed by atoms with Crippen LogP contribution in [-0.4, -0.2) is 67.7 Å². The summed E-state index contributed by atoms with van der Waals surface area (Å²) in [4.78, 5) is 9.82. The number of benzene rings is 1. The summed E-state index contributed by atoms with van der Waals surface area (Å²) in [6, 6.07) is 6.65. The summed E-state index contributed by atoms with van der Waals surface area (Å²) in [6.07, 6.45) is 2.56. The van der Waals surface area contributed by atoms with E-state index in [1.54, 1.807) is 0 Å². The van der Waals surface area contributed by atoms with Gasteiger partial charge in [0.1, 0.15) is 11.9 Å². The third-order valence-corrected chi connectivity index (χ3v) is 5.69. The first kappa shape index (κ1) is 21.1. The van der Waals surface area contributed by atoms with Gasteiger partial charge in [0.05, 0.1) is 12.6 Å². The van der Waals surface area contributed by atoms with E-state index in [4.69, 9.17) is 9.73 Å². The number of halogens is 1. The molecular weight excluding hydrogens is 355 g/mol. The standard InChI is InChI=1S/C22H35FN4O/c1-4-24-22(25-13-18-7-6-12-26(5-2)15-18)27-14-17(3)28-21(16-27)19-8-10-20(23)11-9-19/h8-11,17-18,21H,4-7,12-16H2,1-3H3,(H,24,25). The van der Waals surface area contributed by atoms with Gasteiger partial charge < -0.3 is 19.9 Å². The lowest BCUT2D eigenvalue weighted by molar-refractivity contribution is -0.0605. The van der Waals surface area contributed by atoms with Crippen molar-refractivity contribution in [1.29, 1.82) is 0 Å². The molecule has 1 aromatic rings. The molecule has 2 aliphatic heterocycles. The fourth-order valence-electron chi connectivity index (χ4n) is 4.21. The molecule has 28 heavy (non-hydrogen) atoms. The molecule has 3 rings (SSSR count). The SMILES string of the molecule is CCNC(=NCC1CCCN(CC)C1)N1CC(C)OC(c2ccc(F)cc2)C1. The van der Waals surface area contributed by atoms with Crippen molar-refractivity contribution >= 4 is 5.96 Å². The van der Waals surface area contributed by atoms with E-state index in [-0.39, 0.29) is 18.0 Å². The highest BCUT2D eigenvalue weighted by Gasteiger charge is 2.28. The molecular formula is C22H35FN4O. The Balaban J connectivity index is 1.68. The van der Waals surface area contributed by atoms with Crippen LogP contribution in [0.25, 0.3) is 0 Å². The molecule has 6 heteroatoms. The lowest BCUT2D eigenvalue weighted by Crippen LogP contribution is -2.51. The van der Waals surface area contributed by atoms with Crippen molar-refractivity contribution in [2.45, 2.75) is 45.8 Å². The summed E-state index contributed by atoms with van der Waals surface area (Å²) in [6.45, 7) is 13.2. The van der Waals surface area contributed by atoms with Crippen molar-refractivity contribution in [2.24, 2.45) is 10.9 Å². The molecule has 5 nitrogen and oxygen atoms in total. The van der Waals surface area contributed by atoms with Gasteiger partial charge in [0.2, 0.25) is 0 Å². The molecule has 1 aromatic carbocycles. The average molecular weight is 391 g/mol. The minimum atomic E-state index is -0.215. The molecule has 0 bridgehead atoms. The number of hydrogen-bond acceptors (Lipinski definition) is 3. The van der Waals surface area contributed by atoms with Gasteiger partial charge >= 0.3 is 0 Å². The summed E-state index contributed by atoms with van der Waals surface area (Å²) in [5, 5.41) is 3.47. The molecule has 2 aliphatic rings. The van der Waals surface area contributed by atoms with Gasteiger partial charge in [0.25, 0.3) is 0 Å². The Bertz CT molecular complexity index is 636. The number of piperidine rings is 1. The van der Waals surface area contributed by atoms with Crippen molar-refractivity contribution in [3.05, 3.63) is 35.6 Å². The number of aliphatic imine (C=N–C) groups is 1. The van der Waals surface area contributed by atoms with Crippen molar-refractivity contribution in [2.75, 3.05) is 45.8 Å². The maximum absolute atomic E-state index is 13.3. The number of nitrogens with one attached hydrogen (secondary N) is 1. The molecule has 0 aliphatic carbocycles. The number of likely N-dealkylation sites (tertiary alicyclic amines) is 1. The second-order valence-corrected chi connectivity index (χ2v) is 7.99. The molecule has 3 unspecified atom stereocenters. The highest BCUT2D eigenvalue weighted by Crippen LogP contribution is 2.25. The summed E-state index contributed by atoms with van der Waals surface area (Å²) < 4.78 is 19.4. The molecule has 1 N–H and O–H groups in total. The van der Waals surface area contributed by atoms with Crippen LogP contribution in [0.4, 0.5) is 4.39 Å². The van der Waals surface area contributed by atoms with E-state index < -0.39 is 0 Å². The van der Waals surface area contributed by atoms with Gasteiger partial charge in [0.15, 0.2) is 5.96 Å². The summed E-state index contributed by atoms with van der Waals surface area (Å²) in [5.74, 6) is 1.39. The molecule has 0 saturated carbocycles. The molecule has 2 heterocycles. The first-order valence-corrected chi connectivity index (χ1v) is 10.8. The molecule has 0 spiro atoms. The highest BCUT2D eigenvalue weighted by atomic mass is 19.1. The number of guanidine groups is 1. The zero-order valence-corrected chi connectivity index (χ0v) is 17.5. The second-order valence-electron chi connectivity index (χ2n) is 7.99. The largest absolute Gasteiger partial charge is 0.367 e. The Labute approximate surface area is 169 Å². The van der Waals surface area contributed by atoms with E-state index in [2.05, 4.69) is 35.9 Å². The molecule has 0 aromatic heterocycles. The molecule has 0 radical (unpaired) electrons. The molecule has 2 fully saturated rings. The summed E-state index contributed by atoms with van der Waals surface area (Å²) in [5.41, 5.74) is 1.01. The van der Waals surface area contributed by atoms with Crippen molar-refractivity contribution in [3.8, 4) is 0 Å². The van der Waals surface area contributed by atoms with Gasteiger partial charge in [-0.2, -0.15) is 0 Å². The van der Waals surface area contributed by atoms with Crippen LogP contribution in [-0.2, 0) is 4.74 Å². The van der Waals surface area contributed by atoms with Crippen LogP contribution in [0.5, 0.6) is 0 Å². The molecule has 0 amide bonds. The number of morpholine rings is 1. The molecule has 156 valence electrons. The van der Waals surface area contributed by atoms with Gasteiger partial charge in [-0.05, 0) is 63.4 Å². The smallest absolute Gasteiger partial charge is 0.194 e. The van der Waals surface area contributed by atoms with Gasteiger partial charge in [-0.3, -0.25) is 4.99 Å². The number of ether oxygens (including phenoxy) is 1. The monoisotopic (exact) mass is 390 g/mol. The van der Waals surface area contributed by atoms with E-state index in [0.29, 0.717) is 5.92 Å². The third-order valence-electron chi connectivity index (χ3n) is 5.69. The average Bonchev–Trinajstić information content (AvgIpc) is 2.71. The Morgan fingerprint density at radius 3 is 2.71 bits per heavy atom. The maximum Gasteiger partial charge on any atom is 0.194 e. The van der Waals surface area contributed by atoms with Crippen LogP contribution in [0.1, 0.15) is 45.3 Å².